The average Bonchev–Trinajstić information content (AvgIpc) is 2.78. The number of carbonyl (C=O) groups is 1. The van der Waals surface area contributed by atoms with Crippen molar-refractivity contribution in [3.8, 4) is 5.75 Å². The van der Waals surface area contributed by atoms with Gasteiger partial charge in [-0.25, -0.2) is 4.98 Å². The van der Waals surface area contributed by atoms with Crippen molar-refractivity contribution in [3.63, 3.8) is 0 Å². The van der Waals surface area contributed by atoms with Crippen molar-refractivity contribution < 1.29 is 9.53 Å². The molecule has 18 heavy (non-hydrogen) atoms. The van der Waals surface area contributed by atoms with Gasteiger partial charge in [0.1, 0.15) is 5.75 Å². The van der Waals surface area contributed by atoms with E-state index in [0.717, 1.165) is 11.3 Å². The molecule has 0 atom stereocenters. The van der Waals surface area contributed by atoms with E-state index in [1.807, 2.05) is 38.2 Å². The Bertz CT molecular complexity index is 529. The minimum atomic E-state index is 0.0201. The van der Waals surface area contributed by atoms with Crippen LogP contribution in [0.1, 0.15) is 23.1 Å². The molecule has 4 heteroatoms. The van der Waals surface area contributed by atoms with Crippen LogP contribution in [0.3, 0.4) is 0 Å². The maximum absolute atomic E-state index is 12.0. The monoisotopic (exact) mass is 244 g/mol. The van der Waals surface area contributed by atoms with E-state index in [1.54, 1.807) is 17.0 Å². The number of hydrogen-bond acceptors (Lipinski definition) is 3. The molecule has 0 unspecified atom stereocenters. The Kier molecular flexibility index (Phi) is 3.77. The lowest BCUT2D eigenvalue weighted by Crippen LogP contribution is -2.10. The summed E-state index contributed by atoms with van der Waals surface area (Å²) in [7, 11) is 1.82. The van der Waals surface area contributed by atoms with E-state index < -0.39 is 0 Å². The number of nitrogens with zero attached hydrogens (tertiary/aromatic N) is 2. The van der Waals surface area contributed by atoms with Gasteiger partial charge >= 0.3 is 0 Å². The van der Waals surface area contributed by atoms with Crippen molar-refractivity contribution in [2.45, 2.75) is 13.3 Å². The van der Waals surface area contributed by atoms with Crippen LogP contribution in [0.25, 0.3) is 0 Å². The van der Waals surface area contributed by atoms with E-state index in [4.69, 9.17) is 4.74 Å². The zero-order chi connectivity index (χ0) is 13.0. The summed E-state index contributed by atoms with van der Waals surface area (Å²) in [5, 5.41) is 0. The Morgan fingerprint density at radius 2 is 2.06 bits per heavy atom. The highest BCUT2D eigenvalue weighted by atomic mass is 16.5. The first kappa shape index (κ1) is 12.4. The molecule has 0 amide bonds. The van der Waals surface area contributed by atoms with Gasteiger partial charge in [0.05, 0.1) is 6.61 Å². The van der Waals surface area contributed by atoms with Crippen LogP contribution in [0.15, 0.2) is 36.7 Å². The summed E-state index contributed by atoms with van der Waals surface area (Å²) in [4.78, 5) is 16.0. The van der Waals surface area contributed by atoms with Crippen molar-refractivity contribution in [1.29, 1.82) is 0 Å². The largest absolute Gasteiger partial charge is 0.494 e. The second-order valence-electron chi connectivity index (χ2n) is 4.04. The number of carbonyl (C=O) groups excluding carboxylic acids is 1. The number of aryl methyl sites for hydroxylation is 1. The smallest absolute Gasteiger partial charge is 0.202 e. The van der Waals surface area contributed by atoms with Crippen LogP contribution in [0, 0.1) is 0 Å². The van der Waals surface area contributed by atoms with Crippen molar-refractivity contribution >= 4 is 5.78 Å². The van der Waals surface area contributed by atoms with Crippen LogP contribution in [-0.2, 0) is 13.5 Å². The molecule has 1 aromatic carbocycles. The van der Waals surface area contributed by atoms with E-state index in [0.29, 0.717) is 18.9 Å². The third kappa shape index (κ3) is 2.77. The Morgan fingerprint density at radius 3 is 2.61 bits per heavy atom. The predicted octanol–water partition coefficient (Wildman–Crippen LogP) is 2.24. The molecular formula is C14H16N2O2. The summed E-state index contributed by atoms with van der Waals surface area (Å²) in [5.41, 5.74) is 0.964. The van der Waals surface area contributed by atoms with Crippen LogP contribution in [-0.4, -0.2) is 21.9 Å². The van der Waals surface area contributed by atoms with Gasteiger partial charge in [0.2, 0.25) is 5.78 Å². The summed E-state index contributed by atoms with van der Waals surface area (Å²) < 4.78 is 7.09. The number of hydrogen-bond donors (Lipinski definition) is 0. The van der Waals surface area contributed by atoms with Gasteiger partial charge in [0.25, 0.3) is 0 Å². The molecule has 0 radical (unpaired) electrons. The van der Waals surface area contributed by atoms with Gasteiger partial charge in [0.15, 0.2) is 5.82 Å². The maximum Gasteiger partial charge on any atom is 0.202 e. The lowest BCUT2D eigenvalue weighted by Gasteiger charge is -2.04. The molecule has 0 bridgehead atoms. The first-order valence-electron chi connectivity index (χ1n) is 5.93. The number of Topliss-reactive ketones (excluding diaryl/α,β-unsaturated/α-hetero) is 1. The lowest BCUT2D eigenvalue weighted by atomic mass is 10.1. The Labute approximate surface area is 106 Å². The number of aromatic nitrogens is 2. The zero-order valence-corrected chi connectivity index (χ0v) is 10.6. The molecule has 0 spiro atoms. The highest BCUT2D eigenvalue weighted by Crippen LogP contribution is 2.13. The SMILES string of the molecule is CCOc1ccc(CC(=O)c2nccn2C)cc1. The molecule has 1 aromatic heterocycles. The second kappa shape index (κ2) is 5.49. The summed E-state index contributed by atoms with van der Waals surface area (Å²) in [6.45, 7) is 2.59. The molecule has 0 fully saturated rings. The number of imidazole rings is 1. The van der Waals surface area contributed by atoms with Crippen molar-refractivity contribution in [2.75, 3.05) is 6.61 Å². The zero-order valence-electron chi connectivity index (χ0n) is 10.6. The molecular weight excluding hydrogens is 228 g/mol. The Balaban J connectivity index is 2.05. The molecule has 4 nitrogen and oxygen atoms in total. The molecule has 2 aromatic rings. The summed E-state index contributed by atoms with van der Waals surface area (Å²) >= 11 is 0. The van der Waals surface area contributed by atoms with Crippen molar-refractivity contribution in [2.24, 2.45) is 7.05 Å². The molecule has 1 heterocycles. The van der Waals surface area contributed by atoms with Crippen LogP contribution < -0.4 is 4.74 Å². The topological polar surface area (TPSA) is 44.1 Å². The number of ether oxygens (including phenoxy) is 1. The van der Waals surface area contributed by atoms with E-state index >= 15 is 0 Å². The van der Waals surface area contributed by atoms with E-state index in [2.05, 4.69) is 4.98 Å². The molecule has 0 saturated carbocycles. The fourth-order valence-corrected chi connectivity index (χ4v) is 1.77. The molecule has 0 aliphatic rings. The molecule has 0 aliphatic carbocycles. The van der Waals surface area contributed by atoms with Crippen molar-refractivity contribution in [3.05, 3.63) is 48.0 Å². The molecule has 94 valence electrons. The molecule has 2 rings (SSSR count). The second-order valence-corrected chi connectivity index (χ2v) is 4.04. The first-order valence-corrected chi connectivity index (χ1v) is 5.93. The van der Waals surface area contributed by atoms with Crippen molar-refractivity contribution in [1.82, 2.24) is 9.55 Å². The highest BCUT2D eigenvalue weighted by molar-refractivity contribution is 5.94. The van der Waals surface area contributed by atoms with E-state index in [9.17, 15) is 4.79 Å². The molecule has 0 N–H and O–H groups in total. The first-order chi connectivity index (χ1) is 8.70. The number of rotatable bonds is 5. The van der Waals surface area contributed by atoms with Gasteiger partial charge in [0, 0.05) is 25.9 Å². The third-order valence-corrected chi connectivity index (χ3v) is 2.67. The van der Waals surface area contributed by atoms with Crippen LogP contribution >= 0.6 is 0 Å². The van der Waals surface area contributed by atoms with Gasteiger partial charge in [-0.3, -0.25) is 4.79 Å². The fraction of sp³-hybridized carbons (Fsp3) is 0.286. The van der Waals surface area contributed by atoms with E-state index in [-0.39, 0.29) is 5.78 Å². The molecule has 0 aliphatic heterocycles. The quantitative estimate of drug-likeness (QED) is 0.758. The van der Waals surface area contributed by atoms with Gasteiger partial charge in [-0.2, -0.15) is 0 Å². The molecule has 0 saturated heterocycles. The number of benzene rings is 1. The van der Waals surface area contributed by atoms with Gasteiger partial charge in [-0.05, 0) is 24.6 Å². The minimum Gasteiger partial charge on any atom is -0.494 e. The normalized spacial score (nSPS) is 10.3. The fourth-order valence-electron chi connectivity index (χ4n) is 1.77. The van der Waals surface area contributed by atoms with Gasteiger partial charge < -0.3 is 9.30 Å². The van der Waals surface area contributed by atoms with E-state index in [1.165, 1.54) is 0 Å². The van der Waals surface area contributed by atoms with Gasteiger partial charge in [-0.15, -0.1) is 0 Å². The van der Waals surface area contributed by atoms with Gasteiger partial charge in [-0.1, -0.05) is 12.1 Å². The number of ketones is 1. The minimum absolute atomic E-state index is 0.0201. The summed E-state index contributed by atoms with van der Waals surface area (Å²) in [5.74, 6) is 1.33. The third-order valence-electron chi connectivity index (χ3n) is 2.67. The average molecular weight is 244 g/mol. The van der Waals surface area contributed by atoms with Crippen LogP contribution in [0.4, 0.5) is 0 Å². The summed E-state index contributed by atoms with van der Waals surface area (Å²) in [6.07, 6.45) is 3.76. The predicted molar refractivity (Wildman–Crippen MR) is 68.9 cm³/mol. The standard InChI is InChI=1S/C14H16N2O2/c1-3-18-12-6-4-11(5-7-12)10-13(17)14-15-8-9-16(14)2/h4-9H,3,10H2,1-2H3. The van der Waals surface area contributed by atoms with Crippen LogP contribution in [0.5, 0.6) is 5.75 Å². The lowest BCUT2D eigenvalue weighted by molar-refractivity contribution is 0.0980. The Morgan fingerprint density at radius 1 is 1.33 bits per heavy atom. The highest BCUT2D eigenvalue weighted by Gasteiger charge is 2.11. The Hall–Kier alpha value is -2.10. The maximum atomic E-state index is 12.0. The summed E-state index contributed by atoms with van der Waals surface area (Å²) in [6, 6.07) is 7.58. The van der Waals surface area contributed by atoms with Crippen LogP contribution in [0.2, 0.25) is 0 Å².